The first kappa shape index (κ1) is 26.3. The number of nitro benzene ring substituents is 2. The Morgan fingerprint density at radius 2 is 1.60 bits per heavy atom. The Bertz CT molecular complexity index is 1580. The maximum absolute atomic E-state index is 13.8. The number of aromatic nitrogens is 2. The third kappa shape index (κ3) is 4.81. The fourth-order valence-electron chi connectivity index (χ4n) is 5.16. The van der Waals surface area contributed by atoms with Gasteiger partial charge < -0.3 is 0 Å². The molecule has 3 aromatic rings. The van der Waals surface area contributed by atoms with E-state index < -0.39 is 32.4 Å². The zero-order valence-electron chi connectivity index (χ0n) is 21.2. The topological polar surface area (TPSA) is 180 Å². The van der Waals surface area contributed by atoms with E-state index in [9.17, 15) is 35.1 Å². The van der Waals surface area contributed by atoms with Crippen LogP contribution >= 0.6 is 0 Å². The number of nitro groups is 3. The van der Waals surface area contributed by atoms with Crippen LogP contribution in [-0.4, -0.2) is 41.2 Å². The third-order valence-electron chi connectivity index (χ3n) is 7.07. The van der Waals surface area contributed by atoms with Crippen molar-refractivity contribution in [2.24, 2.45) is 11.0 Å². The fourth-order valence-corrected chi connectivity index (χ4v) is 5.16. The molecule has 0 saturated heterocycles. The first-order chi connectivity index (χ1) is 19.2. The van der Waals surface area contributed by atoms with E-state index in [1.54, 1.807) is 31.2 Å². The van der Waals surface area contributed by atoms with Crippen molar-refractivity contribution in [3.8, 4) is 0 Å². The van der Waals surface area contributed by atoms with Gasteiger partial charge in [0.25, 0.3) is 11.4 Å². The molecule has 14 heteroatoms. The van der Waals surface area contributed by atoms with Crippen LogP contribution in [-0.2, 0) is 6.54 Å². The van der Waals surface area contributed by atoms with E-state index in [4.69, 9.17) is 0 Å². The lowest BCUT2D eigenvalue weighted by Crippen LogP contribution is -2.32. The van der Waals surface area contributed by atoms with Crippen LogP contribution in [0.5, 0.6) is 0 Å². The normalized spacial score (nSPS) is 19.3. The van der Waals surface area contributed by atoms with Crippen molar-refractivity contribution in [3.63, 3.8) is 0 Å². The molecule has 204 valence electrons. The summed E-state index contributed by atoms with van der Waals surface area (Å²) < 4.78 is 1.31. The van der Waals surface area contributed by atoms with E-state index in [2.05, 4.69) is 10.2 Å². The molecule has 1 fully saturated rings. The van der Waals surface area contributed by atoms with Crippen molar-refractivity contribution in [1.82, 2.24) is 14.8 Å². The van der Waals surface area contributed by atoms with Gasteiger partial charge in [0.1, 0.15) is 6.20 Å². The Labute approximate surface area is 226 Å². The average Bonchev–Trinajstić information content (AvgIpc) is 3.56. The van der Waals surface area contributed by atoms with Gasteiger partial charge in [0.15, 0.2) is 0 Å². The fraction of sp³-hybridized carbons (Fsp3) is 0.269. The van der Waals surface area contributed by atoms with Crippen LogP contribution in [0, 0.1) is 36.3 Å². The molecule has 1 aromatic heterocycles. The summed E-state index contributed by atoms with van der Waals surface area (Å²) in [5.74, 6) is -1.03. The van der Waals surface area contributed by atoms with Gasteiger partial charge in [-0.05, 0) is 61.1 Å². The molecule has 2 aromatic carbocycles. The predicted octanol–water partition coefficient (Wildman–Crippen LogP) is 5.06. The minimum atomic E-state index is -0.751. The van der Waals surface area contributed by atoms with Gasteiger partial charge in [-0.1, -0.05) is 12.1 Å². The summed E-state index contributed by atoms with van der Waals surface area (Å²) in [7, 11) is 0. The van der Waals surface area contributed by atoms with Gasteiger partial charge in [0.05, 0.1) is 26.5 Å². The van der Waals surface area contributed by atoms with Crippen molar-refractivity contribution in [2.75, 3.05) is 0 Å². The number of allylic oxidation sites excluding steroid dienone is 1. The minimum Gasteiger partial charge on any atom is -0.265 e. The molecular formula is C26H23N7O7. The van der Waals surface area contributed by atoms with Gasteiger partial charge in [0, 0.05) is 36.7 Å². The van der Waals surface area contributed by atoms with Crippen LogP contribution in [0.4, 0.5) is 17.1 Å². The quantitative estimate of drug-likeness (QED) is 0.291. The van der Waals surface area contributed by atoms with E-state index in [0.717, 1.165) is 17.6 Å². The van der Waals surface area contributed by atoms with Crippen molar-refractivity contribution < 1.29 is 19.6 Å². The number of amides is 1. The van der Waals surface area contributed by atoms with Gasteiger partial charge in [-0.3, -0.25) is 39.8 Å². The number of nitrogens with zero attached hydrogens (tertiary/aromatic N) is 7. The number of hydrazone groups is 1. The number of non-ortho nitro benzene ring substituents is 2. The molecule has 1 saturated carbocycles. The van der Waals surface area contributed by atoms with Crippen molar-refractivity contribution in [2.45, 2.75) is 38.8 Å². The Morgan fingerprint density at radius 1 is 0.975 bits per heavy atom. The summed E-state index contributed by atoms with van der Waals surface area (Å²) in [6.45, 7) is 2.06. The highest BCUT2D eigenvalue weighted by molar-refractivity contribution is 6.09. The summed E-state index contributed by atoms with van der Waals surface area (Å²) in [5.41, 5.74) is 1.84. The molecule has 2 unspecified atom stereocenters. The average molecular weight is 546 g/mol. The zero-order valence-corrected chi connectivity index (χ0v) is 21.2. The van der Waals surface area contributed by atoms with Crippen LogP contribution in [0.15, 0.2) is 65.4 Å². The first-order valence-corrected chi connectivity index (χ1v) is 12.5. The molecule has 0 bridgehead atoms. The van der Waals surface area contributed by atoms with Crippen molar-refractivity contribution in [1.29, 1.82) is 0 Å². The lowest BCUT2D eigenvalue weighted by atomic mass is 9.77. The molecule has 5 rings (SSSR count). The molecule has 1 aliphatic heterocycles. The van der Waals surface area contributed by atoms with Gasteiger partial charge in [0.2, 0.25) is 5.69 Å². The molecule has 0 N–H and O–H groups in total. The maximum Gasteiger partial charge on any atom is 0.320 e. The van der Waals surface area contributed by atoms with Crippen LogP contribution in [0.2, 0.25) is 0 Å². The van der Waals surface area contributed by atoms with Crippen molar-refractivity contribution >= 4 is 34.8 Å². The summed E-state index contributed by atoms with van der Waals surface area (Å²) in [5, 5.41) is 44.0. The van der Waals surface area contributed by atoms with E-state index in [-0.39, 0.29) is 23.0 Å². The molecule has 14 nitrogen and oxygen atoms in total. The number of fused-ring (bicyclic) bond motifs is 1. The number of aryl methyl sites for hydroxylation is 1. The summed E-state index contributed by atoms with van der Waals surface area (Å²) in [6, 6.07) is 11.2. The second-order valence-corrected chi connectivity index (χ2v) is 9.42. The summed E-state index contributed by atoms with van der Waals surface area (Å²) in [4.78, 5) is 46.1. The highest BCUT2D eigenvalue weighted by Gasteiger charge is 2.46. The summed E-state index contributed by atoms with van der Waals surface area (Å²) >= 11 is 0. The zero-order chi connectivity index (χ0) is 28.6. The third-order valence-corrected chi connectivity index (χ3v) is 7.07. The van der Waals surface area contributed by atoms with Crippen LogP contribution in [0.1, 0.15) is 53.8 Å². The number of carbonyl (C=O) groups excluding carboxylic acids is 1. The molecule has 2 atom stereocenters. The van der Waals surface area contributed by atoms with Crippen molar-refractivity contribution in [3.05, 3.63) is 107 Å². The molecule has 1 amide bonds. The van der Waals surface area contributed by atoms with Gasteiger partial charge in [-0.25, -0.2) is 5.01 Å². The van der Waals surface area contributed by atoms with Gasteiger partial charge in [-0.2, -0.15) is 10.2 Å². The molecule has 2 aliphatic rings. The second kappa shape index (κ2) is 10.5. The SMILES string of the molecule is CCn1cc([N+](=O)[O-])c(C(=O)N2N=C3C(=Cc4ccc([N+](=O)[O-])cc4)CCCC3C2c2ccc([N+](=O)[O-])cc2)n1. The highest BCUT2D eigenvalue weighted by atomic mass is 16.6. The van der Waals surface area contributed by atoms with Gasteiger partial charge >= 0.3 is 11.6 Å². The highest BCUT2D eigenvalue weighted by Crippen LogP contribution is 2.45. The number of hydrogen-bond acceptors (Lipinski definition) is 9. The Morgan fingerprint density at radius 3 is 2.17 bits per heavy atom. The lowest BCUT2D eigenvalue weighted by Gasteiger charge is -2.29. The van der Waals surface area contributed by atoms with E-state index in [0.29, 0.717) is 30.7 Å². The molecule has 40 heavy (non-hydrogen) atoms. The van der Waals surface area contributed by atoms with Gasteiger partial charge in [-0.15, -0.1) is 0 Å². The monoisotopic (exact) mass is 545 g/mol. The smallest absolute Gasteiger partial charge is 0.265 e. The maximum atomic E-state index is 13.8. The van der Waals surface area contributed by atoms with Crippen LogP contribution in [0.25, 0.3) is 6.08 Å². The number of carbonyl (C=O) groups is 1. The molecule has 1 aliphatic carbocycles. The van der Waals surface area contributed by atoms with E-state index in [1.807, 2.05) is 6.08 Å². The summed E-state index contributed by atoms with van der Waals surface area (Å²) in [6.07, 6.45) is 5.13. The van der Waals surface area contributed by atoms with E-state index >= 15 is 0 Å². The molecule has 0 spiro atoms. The number of hydrogen-bond donors (Lipinski definition) is 0. The lowest BCUT2D eigenvalue weighted by molar-refractivity contribution is -0.385. The Kier molecular flexibility index (Phi) is 6.90. The van der Waals surface area contributed by atoms with Crippen LogP contribution in [0.3, 0.4) is 0 Å². The van der Waals surface area contributed by atoms with E-state index in [1.165, 1.54) is 40.2 Å². The number of rotatable bonds is 7. The second-order valence-electron chi connectivity index (χ2n) is 9.42. The molecule has 2 heterocycles. The Hall–Kier alpha value is -5.27. The standard InChI is InChI=1S/C26H23N7O7/c1-2-29-15-22(33(39)40)24(27-29)26(34)30-25(17-8-12-20(13-9-17)32(37)38)21-5-3-4-18(23(21)28-30)14-16-6-10-19(11-7-16)31(35)36/h6-15,21,25H,2-5H2,1H3. The minimum absolute atomic E-state index is 0.0370. The Balaban J connectivity index is 1.59. The van der Waals surface area contributed by atoms with Crippen LogP contribution < -0.4 is 0 Å². The molecule has 0 radical (unpaired) electrons. The predicted molar refractivity (Wildman–Crippen MR) is 142 cm³/mol. The largest absolute Gasteiger partial charge is 0.320 e. The number of benzene rings is 2. The first-order valence-electron chi connectivity index (χ1n) is 12.5. The molecular weight excluding hydrogens is 522 g/mol.